The van der Waals surface area contributed by atoms with Crippen molar-refractivity contribution in [2.75, 3.05) is 14.1 Å². The zero-order valence-corrected chi connectivity index (χ0v) is 11.3. The van der Waals surface area contributed by atoms with Crippen LogP contribution in [0.1, 0.15) is 16.1 Å². The van der Waals surface area contributed by atoms with Crippen molar-refractivity contribution in [3.8, 4) is 11.3 Å². The largest absolute Gasteiger partial charge is 0.461 e. The molecule has 18 heavy (non-hydrogen) atoms. The van der Waals surface area contributed by atoms with Crippen LogP contribution in [0, 0.1) is 6.92 Å². The lowest BCUT2D eigenvalue weighted by Crippen LogP contribution is -2.21. The third-order valence-corrected chi connectivity index (χ3v) is 2.94. The topological polar surface area (TPSA) is 33.5 Å². The van der Waals surface area contributed by atoms with Gasteiger partial charge < -0.3 is 9.32 Å². The van der Waals surface area contributed by atoms with Gasteiger partial charge in [0.1, 0.15) is 11.5 Å². The van der Waals surface area contributed by atoms with Crippen LogP contribution in [0.5, 0.6) is 0 Å². The van der Waals surface area contributed by atoms with Gasteiger partial charge in [0.05, 0.1) is 5.56 Å². The molecule has 1 aromatic carbocycles. The van der Waals surface area contributed by atoms with Crippen LogP contribution in [-0.2, 0) is 0 Å². The highest BCUT2D eigenvalue weighted by Crippen LogP contribution is 2.27. The molecule has 2 rings (SSSR count). The zero-order chi connectivity index (χ0) is 13.3. The highest BCUT2D eigenvalue weighted by Gasteiger charge is 2.17. The summed E-state index contributed by atoms with van der Waals surface area (Å²) >= 11 is 5.84. The number of rotatable bonds is 2. The lowest BCUT2D eigenvalue weighted by molar-refractivity contribution is 0.0826. The summed E-state index contributed by atoms with van der Waals surface area (Å²) in [6.07, 6.45) is 0. The van der Waals surface area contributed by atoms with Crippen molar-refractivity contribution < 1.29 is 9.21 Å². The Kier molecular flexibility index (Phi) is 3.43. The molecule has 0 saturated carbocycles. The minimum atomic E-state index is -0.0588. The Morgan fingerprint density at radius 2 is 1.83 bits per heavy atom. The smallest absolute Gasteiger partial charge is 0.256 e. The van der Waals surface area contributed by atoms with Crippen molar-refractivity contribution in [1.82, 2.24) is 4.90 Å². The summed E-state index contributed by atoms with van der Waals surface area (Å²) in [5, 5.41) is 0.673. The molecular formula is C14H14ClNO2. The first-order chi connectivity index (χ1) is 8.49. The number of aryl methyl sites for hydroxylation is 1. The highest BCUT2D eigenvalue weighted by atomic mass is 35.5. The maximum atomic E-state index is 11.9. The molecule has 0 aliphatic rings. The van der Waals surface area contributed by atoms with Gasteiger partial charge in [0.25, 0.3) is 5.91 Å². The molecule has 0 spiro atoms. The molecule has 4 heteroatoms. The van der Waals surface area contributed by atoms with Crippen LogP contribution in [0.3, 0.4) is 0 Å². The third kappa shape index (κ3) is 2.41. The second kappa shape index (κ2) is 4.86. The molecule has 0 radical (unpaired) electrons. The average Bonchev–Trinajstić information content (AvgIpc) is 2.71. The monoisotopic (exact) mass is 263 g/mol. The molecule has 1 heterocycles. The second-order valence-corrected chi connectivity index (χ2v) is 4.72. The molecular weight excluding hydrogens is 250 g/mol. The zero-order valence-electron chi connectivity index (χ0n) is 10.5. The third-order valence-electron chi connectivity index (χ3n) is 2.68. The SMILES string of the molecule is Cc1oc(-c2ccc(Cl)cc2)cc1C(=O)N(C)C. The molecule has 3 nitrogen and oxygen atoms in total. The van der Waals surface area contributed by atoms with Crippen molar-refractivity contribution in [2.24, 2.45) is 0 Å². The summed E-state index contributed by atoms with van der Waals surface area (Å²) in [6.45, 7) is 1.79. The van der Waals surface area contributed by atoms with Gasteiger partial charge in [-0.15, -0.1) is 0 Å². The van der Waals surface area contributed by atoms with E-state index < -0.39 is 0 Å². The number of furan rings is 1. The molecule has 1 amide bonds. The van der Waals surface area contributed by atoms with Crippen molar-refractivity contribution in [3.05, 3.63) is 46.7 Å². The number of carbonyl (C=O) groups excluding carboxylic acids is 1. The van der Waals surface area contributed by atoms with Gasteiger partial charge in [0, 0.05) is 24.7 Å². The van der Waals surface area contributed by atoms with Gasteiger partial charge in [-0.05, 0) is 37.3 Å². The van der Waals surface area contributed by atoms with Gasteiger partial charge >= 0.3 is 0 Å². The van der Waals surface area contributed by atoms with Gasteiger partial charge in [0.2, 0.25) is 0 Å². The fourth-order valence-corrected chi connectivity index (χ4v) is 1.82. The Balaban J connectivity index is 2.40. The standard InChI is InChI=1S/C14H14ClNO2/c1-9-12(14(17)16(2)3)8-13(18-9)10-4-6-11(15)7-5-10/h4-8H,1-3H3. The van der Waals surface area contributed by atoms with Crippen LogP contribution in [0.4, 0.5) is 0 Å². The first-order valence-corrected chi connectivity index (χ1v) is 5.95. The van der Waals surface area contributed by atoms with E-state index in [1.54, 1.807) is 39.2 Å². The van der Waals surface area contributed by atoms with E-state index in [1.165, 1.54) is 4.90 Å². The van der Waals surface area contributed by atoms with E-state index in [0.29, 0.717) is 22.1 Å². The molecule has 0 unspecified atom stereocenters. The Morgan fingerprint density at radius 1 is 1.22 bits per heavy atom. The minimum Gasteiger partial charge on any atom is -0.461 e. The molecule has 0 atom stereocenters. The maximum absolute atomic E-state index is 11.9. The predicted octanol–water partition coefficient (Wildman–Crippen LogP) is 3.61. The molecule has 2 aromatic rings. The van der Waals surface area contributed by atoms with Gasteiger partial charge in [-0.25, -0.2) is 0 Å². The van der Waals surface area contributed by atoms with Crippen molar-refractivity contribution in [3.63, 3.8) is 0 Å². The van der Waals surface area contributed by atoms with Crippen LogP contribution < -0.4 is 0 Å². The van der Waals surface area contributed by atoms with E-state index in [4.69, 9.17) is 16.0 Å². The van der Waals surface area contributed by atoms with E-state index in [2.05, 4.69) is 0 Å². The number of carbonyl (C=O) groups is 1. The molecule has 1 aromatic heterocycles. The number of amides is 1. The lowest BCUT2D eigenvalue weighted by Gasteiger charge is -2.08. The molecule has 94 valence electrons. The Morgan fingerprint density at radius 3 is 2.39 bits per heavy atom. The first kappa shape index (κ1) is 12.7. The van der Waals surface area contributed by atoms with Crippen molar-refractivity contribution >= 4 is 17.5 Å². The van der Waals surface area contributed by atoms with Crippen LogP contribution >= 0.6 is 11.6 Å². The number of nitrogens with zero attached hydrogens (tertiary/aromatic N) is 1. The lowest BCUT2D eigenvalue weighted by atomic mass is 10.1. The number of benzene rings is 1. The van der Waals surface area contributed by atoms with E-state index in [9.17, 15) is 4.79 Å². The normalized spacial score (nSPS) is 10.4. The number of halogens is 1. The second-order valence-electron chi connectivity index (χ2n) is 4.29. The van der Waals surface area contributed by atoms with E-state index >= 15 is 0 Å². The van der Waals surface area contributed by atoms with Crippen molar-refractivity contribution in [1.29, 1.82) is 0 Å². The van der Waals surface area contributed by atoms with E-state index in [1.807, 2.05) is 12.1 Å². The Hall–Kier alpha value is -1.74. The highest BCUT2D eigenvalue weighted by molar-refractivity contribution is 6.30. The van der Waals surface area contributed by atoms with E-state index in [0.717, 1.165) is 5.56 Å². The maximum Gasteiger partial charge on any atom is 0.256 e. The summed E-state index contributed by atoms with van der Waals surface area (Å²) in [6, 6.07) is 9.08. The molecule has 0 N–H and O–H groups in total. The Bertz CT molecular complexity index is 570. The van der Waals surface area contributed by atoms with Crippen molar-refractivity contribution in [2.45, 2.75) is 6.92 Å². The minimum absolute atomic E-state index is 0.0588. The van der Waals surface area contributed by atoms with Crippen LogP contribution in [0.2, 0.25) is 5.02 Å². The van der Waals surface area contributed by atoms with Crippen LogP contribution in [-0.4, -0.2) is 24.9 Å². The van der Waals surface area contributed by atoms with E-state index in [-0.39, 0.29) is 5.91 Å². The Labute approximate surface area is 111 Å². The van der Waals surface area contributed by atoms with Crippen LogP contribution in [0.15, 0.2) is 34.7 Å². The molecule has 0 aliphatic carbocycles. The predicted molar refractivity (Wildman–Crippen MR) is 71.9 cm³/mol. The first-order valence-electron chi connectivity index (χ1n) is 5.57. The summed E-state index contributed by atoms with van der Waals surface area (Å²) in [7, 11) is 3.44. The average molecular weight is 264 g/mol. The van der Waals surface area contributed by atoms with Crippen LogP contribution in [0.25, 0.3) is 11.3 Å². The molecule has 0 aliphatic heterocycles. The fourth-order valence-electron chi connectivity index (χ4n) is 1.69. The summed E-state index contributed by atoms with van der Waals surface area (Å²) in [5.41, 5.74) is 1.49. The fraction of sp³-hybridized carbons (Fsp3) is 0.214. The molecule has 0 saturated heterocycles. The summed E-state index contributed by atoms with van der Waals surface area (Å²) in [4.78, 5) is 13.4. The van der Waals surface area contributed by atoms with Gasteiger partial charge in [-0.3, -0.25) is 4.79 Å². The number of hydrogen-bond acceptors (Lipinski definition) is 2. The van der Waals surface area contributed by atoms with Gasteiger partial charge in [-0.1, -0.05) is 11.6 Å². The quantitative estimate of drug-likeness (QED) is 0.829. The molecule has 0 bridgehead atoms. The van der Waals surface area contributed by atoms with Gasteiger partial charge in [-0.2, -0.15) is 0 Å². The molecule has 0 fully saturated rings. The summed E-state index contributed by atoms with van der Waals surface area (Å²) < 4.78 is 5.62. The number of hydrogen-bond donors (Lipinski definition) is 0. The van der Waals surface area contributed by atoms with Gasteiger partial charge in [0.15, 0.2) is 0 Å². The summed E-state index contributed by atoms with van der Waals surface area (Å²) in [5.74, 6) is 1.24.